The lowest BCUT2D eigenvalue weighted by Crippen LogP contribution is -2.28. The third-order valence-corrected chi connectivity index (χ3v) is 3.95. The Morgan fingerprint density at radius 2 is 2.10 bits per heavy atom. The molecule has 1 rings (SSSR count). The molecule has 0 saturated carbocycles. The highest BCUT2D eigenvalue weighted by molar-refractivity contribution is 9.10. The first kappa shape index (κ1) is 17.7. The average Bonchev–Trinajstić information content (AvgIpc) is 2.77. The van der Waals surface area contributed by atoms with E-state index < -0.39 is 0 Å². The summed E-state index contributed by atoms with van der Waals surface area (Å²) in [5.74, 6) is 0.511. The van der Waals surface area contributed by atoms with E-state index in [0.29, 0.717) is 18.0 Å². The minimum Gasteiger partial charge on any atom is -0.384 e. The first-order valence-electron chi connectivity index (χ1n) is 7.46. The minimum absolute atomic E-state index is 0.305. The number of aromatic nitrogens is 2. The Morgan fingerprint density at radius 1 is 1.40 bits per heavy atom. The van der Waals surface area contributed by atoms with E-state index in [1.165, 1.54) is 5.69 Å². The van der Waals surface area contributed by atoms with Gasteiger partial charge in [-0.15, -0.1) is 0 Å². The molecule has 2 unspecified atom stereocenters. The predicted octanol–water partition coefficient (Wildman–Crippen LogP) is 3.94. The predicted molar refractivity (Wildman–Crippen MR) is 87.0 cm³/mol. The molecule has 0 aliphatic heterocycles. The summed E-state index contributed by atoms with van der Waals surface area (Å²) < 4.78 is 8.47. The van der Waals surface area contributed by atoms with Crippen molar-refractivity contribution in [2.75, 3.05) is 20.3 Å². The van der Waals surface area contributed by atoms with Crippen LogP contribution < -0.4 is 5.32 Å². The van der Waals surface area contributed by atoms with Crippen molar-refractivity contribution in [2.24, 2.45) is 5.92 Å². The van der Waals surface area contributed by atoms with Gasteiger partial charge in [0.1, 0.15) is 0 Å². The summed E-state index contributed by atoms with van der Waals surface area (Å²) >= 11 is 3.65. The first-order valence-corrected chi connectivity index (χ1v) is 8.25. The highest BCUT2D eigenvalue weighted by atomic mass is 79.9. The van der Waals surface area contributed by atoms with E-state index >= 15 is 0 Å². The van der Waals surface area contributed by atoms with E-state index in [9.17, 15) is 0 Å². The summed E-state index contributed by atoms with van der Waals surface area (Å²) in [4.78, 5) is 0. The van der Waals surface area contributed by atoms with Gasteiger partial charge in [0.05, 0.1) is 22.4 Å². The molecule has 0 aliphatic rings. The van der Waals surface area contributed by atoms with Gasteiger partial charge in [-0.1, -0.05) is 13.8 Å². The van der Waals surface area contributed by atoms with Crippen LogP contribution in [0.2, 0.25) is 0 Å². The van der Waals surface area contributed by atoms with Crippen molar-refractivity contribution in [3.8, 4) is 0 Å². The van der Waals surface area contributed by atoms with E-state index in [2.05, 4.69) is 58.7 Å². The van der Waals surface area contributed by atoms with Crippen LogP contribution in [0.3, 0.4) is 0 Å². The lowest BCUT2D eigenvalue weighted by Gasteiger charge is -2.25. The maximum atomic E-state index is 5.27. The van der Waals surface area contributed by atoms with Gasteiger partial charge >= 0.3 is 0 Å². The number of nitrogens with zero attached hydrogens (tertiary/aromatic N) is 2. The Labute approximate surface area is 131 Å². The normalized spacial score (nSPS) is 14.8. The minimum atomic E-state index is 0.305. The molecule has 2 atom stereocenters. The SMILES string of the molecule is CCCNC(CC(C)COC)c1c(Br)cnn1C(C)C. The van der Waals surface area contributed by atoms with Gasteiger partial charge < -0.3 is 10.1 Å². The van der Waals surface area contributed by atoms with E-state index in [1.807, 2.05) is 6.20 Å². The third kappa shape index (κ3) is 4.86. The third-order valence-electron chi connectivity index (χ3n) is 3.34. The fourth-order valence-electron chi connectivity index (χ4n) is 2.45. The second-order valence-electron chi connectivity index (χ2n) is 5.72. The van der Waals surface area contributed by atoms with Crippen molar-refractivity contribution < 1.29 is 4.74 Å². The quantitative estimate of drug-likeness (QED) is 0.736. The van der Waals surface area contributed by atoms with Crippen molar-refractivity contribution in [2.45, 2.75) is 52.6 Å². The van der Waals surface area contributed by atoms with E-state index in [-0.39, 0.29) is 0 Å². The molecule has 4 nitrogen and oxygen atoms in total. The molecular weight excluding hydrogens is 318 g/mol. The number of methoxy groups -OCH3 is 1. The molecule has 0 spiro atoms. The van der Waals surface area contributed by atoms with Crippen molar-refractivity contribution >= 4 is 15.9 Å². The van der Waals surface area contributed by atoms with Crippen LogP contribution in [0.5, 0.6) is 0 Å². The smallest absolute Gasteiger partial charge is 0.0698 e. The number of nitrogens with one attached hydrogen (secondary N) is 1. The highest BCUT2D eigenvalue weighted by Gasteiger charge is 2.22. The van der Waals surface area contributed by atoms with Gasteiger partial charge in [-0.25, -0.2) is 0 Å². The Kier molecular flexibility index (Phi) is 7.77. The van der Waals surface area contributed by atoms with Crippen LogP contribution in [0.1, 0.15) is 58.3 Å². The van der Waals surface area contributed by atoms with Crippen LogP contribution >= 0.6 is 15.9 Å². The van der Waals surface area contributed by atoms with Crippen LogP contribution in [0.25, 0.3) is 0 Å². The molecule has 0 aromatic carbocycles. The Hall–Kier alpha value is -0.390. The molecule has 0 fully saturated rings. The molecule has 1 aromatic heterocycles. The first-order chi connectivity index (χ1) is 9.51. The highest BCUT2D eigenvalue weighted by Crippen LogP contribution is 2.30. The zero-order valence-corrected chi connectivity index (χ0v) is 14.9. The number of ether oxygens (including phenoxy) is 1. The Bertz CT molecular complexity index is 392. The fraction of sp³-hybridized carbons (Fsp3) is 0.800. The largest absolute Gasteiger partial charge is 0.384 e. The molecular formula is C15H28BrN3O. The zero-order valence-electron chi connectivity index (χ0n) is 13.3. The van der Waals surface area contributed by atoms with Crippen molar-refractivity contribution in [1.82, 2.24) is 15.1 Å². The monoisotopic (exact) mass is 345 g/mol. The molecule has 0 amide bonds. The topological polar surface area (TPSA) is 39.1 Å². The van der Waals surface area contributed by atoms with Gasteiger partial charge in [0.25, 0.3) is 0 Å². The van der Waals surface area contributed by atoms with E-state index in [4.69, 9.17) is 4.74 Å². The molecule has 1 aromatic rings. The summed E-state index contributed by atoms with van der Waals surface area (Å²) in [6.45, 7) is 10.6. The van der Waals surface area contributed by atoms with Gasteiger partial charge in [0.15, 0.2) is 0 Å². The van der Waals surface area contributed by atoms with E-state index in [1.54, 1.807) is 7.11 Å². The van der Waals surface area contributed by atoms with Crippen LogP contribution in [0, 0.1) is 5.92 Å². The summed E-state index contributed by atoms with van der Waals surface area (Å²) in [6, 6.07) is 0.666. The molecule has 1 heterocycles. The van der Waals surface area contributed by atoms with Crippen molar-refractivity contribution in [1.29, 1.82) is 0 Å². The van der Waals surface area contributed by atoms with Gasteiger partial charge in [0.2, 0.25) is 0 Å². The average molecular weight is 346 g/mol. The number of hydrogen-bond acceptors (Lipinski definition) is 3. The molecule has 5 heteroatoms. The summed E-state index contributed by atoms with van der Waals surface area (Å²) in [7, 11) is 1.76. The summed E-state index contributed by atoms with van der Waals surface area (Å²) in [5.41, 5.74) is 1.25. The van der Waals surface area contributed by atoms with Crippen LogP contribution in [-0.4, -0.2) is 30.0 Å². The van der Waals surface area contributed by atoms with E-state index in [0.717, 1.165) is 30.5 Å². The van der Waals surface area contributed by atoms with Crippen LogP contribution in [0.4, 0.5) is 0 Å². The maximum absolute atomic E-state index is 5.27. The number of halogens is 1. The Morgan fingerprint density at radius 3 is 2.65 bits per heavy atom. The van der Waals surface area contributed by atoms with Gasteiger partial charge in [-0.3, -0.25) is 4.68 Å². The summed E-state index contributed by atoms with van der Waals surface area (Å²) in [5, 5.41) is 8.15. The molecule has 0 aliphatic carbocycles. The lowest BCUT2D eigenvalue weighted by atomic mass is 9.99. The van der Waals surface area contributed by atoms with Gasteiger partial charge in [-0.2, -0.15) is 5.10 Å². The maximum Gasteiger partial charge on any atom is 0.0698 e. The Balaban J connectivity index is 2.94. The number of rotatable bonds is 9. The zero-order chi connectivity index (χ0) is 15.1. The van der Waals surface area contributed by atoms with Gasteiger partial charge in [0, 0.05) is 19.8 Å². The summed E-state index contributed by atoms with van der Waals surface area (Å²) in [6.07, 6.45) is 4.07. The fourth-order valence-corrected chi connectivity index (χ4v) is 3.00. The van der Waals surface area contributed by atoms with Crippen LogP contribution in [0.15, 0.2) is 10.7 Å². The molecule has 0 saturated heterocycles. The van der Waals surface area contributed by atoms with Crippen molar-refractivity contribution in [3.63, 3.8) is 0 Å². The number of hydrogen-bond donors (Lipinski definition) is 1. The molecule has 1 N–H and O–H groups in total. The second-order valence-corrected chi connectivity index (χ2v) is 6.57. The molecule has 116 valence electrons. The molecule has 0 radical (unpaired) electrons. The molecule has 0 bridgehead atoms. The van der Waals surface area contributed by atoms with Crippen LogP contribution in [-0.2, 0) is 4.74 Å². The second kappa shape index (κ2) is 8.80. The van der Waals surface area contributed by atoms with Gasteiger partial charge in [-0.05, 0) is 55.1 Å². The van der Waals surface area contributed by atoms with Crippen molar-refractivity contribution in [3.05, 3.63) is 16.4 Å². The molecule has 20 heavy (non-hydrogen) atoms. The standard InChI is InChI=1S/C15H28BrN3O/c1-6-7-17-14(8-12(4)10-20-5)15-13(16)9-18-19(15)11(2)3/h9,11-12,14,17H,6-8,10H2,1-5H3. The lowest BCUT2D eigenvalue weighted by molar-refractivity contribution is 0.148.